The number of carbonyl (C=O) groups is 2. The van der Waals surface area contributed by atoms with Gasteiger partial charge in [0.15, 0.2) is 0 Å². The number of rotatable bonds is 6. The van der Waals surface area contributed by atoms with Crippen molar-refractivity contribution in [3.8, 4) is 0 Å². The maximum atomic E-state index is 12.1. The Hall–Kier alpha value is -1.43. The van der Waals surface area contributed by atoms with E-state index in [1.807, 2.05) is 21.0 Å². The minimum absolute atomic E-state index is 0.0590. The number of carbonyl (C=O) groups excluding carboxylic acids is 2. The molecular weight excluding hydrogens is 232 g/mol. The summed E-state index contributed by atoms with van der Waals surface area (Å²) in [6, 6.07) is 0. The highest BCUT2D eigenvalue weighted by Crippen LogP contribution is 2.04. The number of hydrogen-bond donors (Lipinski definition) is 1. The molecule has 0 radical (unpaired) electrons. The summed E-state index contributed by atoms with van der Waals surface area (Å²) in [7, 11) is 4.03. The third-order valence-corrected chi connectivity index (χ3v) is 2.85. The van der Waals surface area contributed by atoms with Crippen molar-refractivity contribution in [1.29, 1.82) is 0 Å². The topological polar surface area (TPSA) is 65.0 Å². The molecule has 2 amide bonds. The van der Waals surface area contributed by atoms with Gasteiger partial charge in [-0.3, -0.25) is 9.59 Å². The van der Waals surface area contributed by atoms with Gasteiger partial charge in [0.05, 0.1) is 0 Å². The van der Waals surface area contributed by atoms with E-state index in [2.05, 4.69) is 15.4 Å². The SMILES string of the molecule is CCN(CCCN(C)C)C(=O)C1=NNC(=O)CC1. The molecule has 1 rings (SSSR count). The molecule has 0 bridgehead atoms. The molecule has 1 heterocycles. The molecule has 0 aliphatic carbocycles. The lowest BCUT2D eigenvalue weighted by Crippen LogP contribution is -2.41. The predicted octanol–water partition coefficient (Wildman–Crippen LogP) is 0.0526. The van der Waals surface area contributed by atoms with Gasteiger partial charge in [-0.1, -0.05) is 0 Å². The highest BCUT2D eigenvalue weighted by Gasteiger charge is 2.22. The van der Waals surface area contributed by atoms with E-state index in [9.17, 15) is 9.59 Å². The van der Waals surface area contributed by atoms with Crippen LogP contribution >= 0.6 is 0 Å². The molecule has 1 aliphatic rings. The van der Waals surface area contributed by atoms with E-state index < -0.39 is 0 Å². The van der Waals surface area contributed by atoms with Crippen LogP contribution in [0.3, 0.4) is 0 Å². The second-order valence-electron chi connectivity index (χ2n) is 4.64. The molecule has 0 fully saturated rings. The van der Waals surface area contributed by atoms with Crippen LogP contribution in [-0.2, 0) is 9.59 Å². The average Bonchev–Trinajstić information content (AvgIpc) is 2.34. The summed E-state index contributed by atoms with van der Waals surface area (Å²) >= 11 is 0. The van der Waals surface area contributed by atoms with Gasteiger partial charge in [0.1, 0.15) is 5.71 Å². The predicted molar refractivity (Wildman–Crippen MR) is 70.2 cm³/mol. The Bertz CT molecular complexity index is 339. The zero-order valence-corrected chi connectivity index (χ0v) is 11.4. The van der Waals surface area contributed by atoms with Crippen LogP contribution in [0, 0.1) is 0 Å². The molecule has 0 aromatic heterocycles. The molecule has 0 atom stereocenters. The first-order chi connectivity index (χ1) is 8.54. The minimum Gasteiger partial charge on any atom is -0.338 e. The Morgan fingerprint density at radius 1 is 1.33 bits per heavy atom. The fourth-order valence-corrected chi connectivity index (χ4v) is 1.79. The second-order valence-corrected chi connectivity index (χ2v) is 4.64. The molecule has 0 aromatic rings. The van der Waals surface area contributed by atoms with E-state index in [4.69, 9.17) is 0 Å². The van der Waals surface area contributed by atoms with Crippen molar-refractivity contribution in [3.63, 3.8) is 0 Å². The van der Waals surface area contributed by atoms with Crippen molar-refractivity contribution in [2.45, 2.75) is 26.2 Å². The van der Waals surface area contributed by atoms with Gasteiger partial charge in [0, 0.05) is 25.9 Å². The van der Waals surface area contributed by atoms with Crippen molar-refractivity contribution in [3.05, 3.63) is 0 Å². The standard InChI is InChI=1S/C12H22N4O2/c1-4-16(9-5-8-15(2)3)12(18)10-6-7-11(17)14-13-10/h4-9H2,1-3H3,(H,14,17). The zero-order chi connectivity index (χ0) is 13.5. The Labute approximate surface area is 108 Å². The van der Waals surface area contributed by atoms with Crippen molar-refractivity contribution < 1.29 is 9.59 Å². The van der Waals surface area contributed by atoms with E-state index in [-0.39, 0.29) is 11.8 Å². The molecule has 0 saturated carbocycles. The molecule has 0 saturated heterocycles. The van der Waals surface area contributed by atoms with Crippen molar-refractivity contribution in [1.82, 2.24) is 15.2 Å². The van der Waals surface area contributed by atoms with Crippen LogP contribution in [0.15, 0.2) is 5.10 Å². The van der Waals surface area contributed by atoms with Crippen LogP contribution in [0.5, 0.6) is 0 Å². The molecule has 6 nitrogen and oxygen atoms in total. The van der Waals surface area contributed by atoms with Gasteiger partial charge in [-0.2, -0.15) is 5.10 Å². The van der Waals surface area contributed by atoms with Crippen LogP contribution in [0.4, 0.5) is 0 Å². The summed E-state index contributed by atoms with van der Waals surface area (Å²) in [5.41, 5.74) is 2.82. The second kappa shape index (κ2) is 7.10. The highest BCUT2D eigenvalue weighted by atomic mass is 16.2. The number of amides is 2. The molecule has 1 aliphatic heterocycles. The third kappa shape index (κ3) is 4.44. The van der Waals surface area contributed by atoms with Crippen LogP contribution in [0.25, 0.3) is 0 Å². The lowest BCUT2D eigenvalue weighted by Gasteiger charge is -2.23. The molecule has 6 heteroatoms. The first-order valence-corrected chi connectivity index (χ1v) is 6.34. The van der Waals surface area contributed by atoms with Gasteiger partial charge in [-0.25, -0.2) is 5.43 Å². The lowest BCUT2D eigenvalue weighted by molar-refractivity contribution is -0.124. The molecule has 0 aromatic carbocycles. The minimum atomic E-state index is -0.123. The number of nitrogens with one attached hydrogen (secondary N) is 1. The average molecular weight is 254 g/mol. The quantitative estimate of drug-likeness (QED) is 0.728. The van der Waals surface area contributed by atoms with Gasteiger partial charge in [0.25, 0.3) is 5.91 Å². The summed E-state index contributed by atoms with van der Waals surface area (Å²) in [6.07, 6.45) is 1.72. The Morgan fingerprint density at radius 3 is 2.56 bits per heavy atom. The molecule has 0 unspecified atom stereocenters. The fourth-order valence-electron chi connectivity index (χ4n) is 1.79. The zero-order valence-electron chi connectivity index (χ0n) is 11.4. The Kier molecular flexibility index (Phi) is 5.77. The van der Waals surface area contributed by atoms with E-state index in [0.29, 0.717) is 25.1 Å². The maximum absolute atomic E-state index is 12.1. The lowest BCUT2D eigenvalue weighted by atomic mass is 10.1. The van der Waals surface area contributed by atoms with Crippen LogP contribution in [0.1, 0.15) is 26.2 Å². The first-order valence-electron chi connectivity index (χ1n) is 6.34. The summed E-state index contributed by atoms with van der Waals surface area (Å²) in [5, 5.41) is 3.84. The van der Waals surface area contributed by atoms with Crippen molar-refractivity contribution in [2.75, 3.05) is 33.7 Å². The number of hydrogen-bond acceptors (Lipinski definition) is 4. The van der Waals surface area contributed by atoms with Crippen molar-refractivity contribution in [2.24, 2.45) is 5.10 Å². The summed E-state index contributed by atoms with van der Waals surface area (Å²) in [4.78, 5) is 27.0. The van der Waals surface area contributed by atoms with Gasteiger partial charge in [-0.15, -0.1) is 0 Å². The summed E-state index contributed by atoms with van der Waals surface area (Å²) in [6.45, 7) is 4.29. The fraction of sp³-hybridized carbons (Fsp3) is 0.750. The smallest absolute Gasteiger partial charge is 0.270 e. The Balaban J connectivity index is 2.49. The van der Waals surface area contributed by atoms with Crippen molar-refractivity contribution >= 4 is 17.5 Å². The van der Waals surface area contributed by atoms with E-state index in [1.165, 1.54) is 0 Å². The molecule has 102 valence electrons. The normalized spacial score (nSPS) is 15.3. The summed E-state index contributed by atoms with van der Waals surface area (Å²) in [5.74, 6) is -0.182. The maximum Gasteiger partial charge on any atom is 0.270 e. The monoisotopic (exact) mass is 254 g/mol. The summed E-state index contributed by atoms with van der Waals surface area (Å²) < 4.78 is 0. The molecule has 0 spiro atoms. The molecular formula is C12H22N4O2. The van der Waals surface area contributed by atoms with E-state index in [0.717, 1.165) is 19.5 Å². The van der Waals surface area contributed by atoms with Crippen LogP contribution in [0.2, 0.25) is 0 Å². The largest absolute Gasteiger partial charge is 0.338 e. The molecule has 18 heavy (non-hydrogen) atoms. The van der Waals surface area contributed by atoms with Gasteiger partial charge < -0.3 is 9.80 Å². The third-order valence-electron chi connectivity index (χ3n) is 2.85. The number of nitrogens with zero attached hydrogens (tertiary/aromatic N) is 3. The van der Waals surface area contributed by atoms with Gasteiger partial charge in [-0.05, 0) is 34.0 Å². The highest BCUT2D eigenvalue weighted by molar-refractivity contribution is 6.39. The van der Waals surface area contributed by atoms with Crippen LogP contribution < -0.4 is 5.43 Å². The molecule has 1 N–H and O–H groups in total. The van der Waals surface area contributed by atoms with E-state index >= 15 is 0 Å². The first kappa shape index (κ1) is 14.6. The van der Waals surface area contributed by atoms with Gasteiger partial charge >= 0.3 is 0 Å². The van der Waals surface area contributed by atoms with E-state index in [1.54, 1.807) is 4.90 Å². The van der Waals surface area contributed by atoms with Crippen LogP contribution in [-0.4, -0.2) is 61.1 Å². The van der Waals surface area contributed by atoms with Gasteiger partial charge in [0.2, 0.25) is 5.91 Å². The number of hydrazone groups is 1. The Morgan fingerprint density at radius 2 is 2.06 bits per heavy atom.